The third-order valence-corrected chi connectivity index (χ3v) is 4.82. The normalized spacial score (nSPS) is 27.9. The summed E-state index contributed by atoms with van der Waals surface area (Å²) in [6.45, 7) is 1.12. The fraction of sp³-hybridized carbons (Fsp3) is 0.562. The molecular formula is C16H21N5O4. The molecule has 0 aromatic carbocycles. The standard InChI is InChI=1S/C16H21N5O4/c17-15-19-13-12(14(23)20-15)18-9-21(13)6-10-5-16(10,7-22)8-25-11-3-1-2-4-24-11/h6,9,11,22H,1-5,7-8H2,(H3,17,19,20,23)/b10-6+. The zero-order valence-corrected chi connectivity index (χ0v) is 13.8. The van der Waals surface area contributed by atoms with Crippen molar-refractivity contribution in [3.05, 3.63) is 22.3 Å². The summed E-state index contributed by atoms with van der Waals surface area (Å²) in [4.78, 5) is 22.5. The summed E-state index contributed by atoms with van der Waals surface area (Å²) in [6, 6.07) is 0. The van der Waals surface area contributed by atoms with Gasteiger partial charge >= 0.3 is 0 Å². The van der Waals surface area contributed by atoms with E-state index in [0.717, 1.165) is 31.4 Å². The summed E-state index contributed by atoms with van der Waals surface area (Å²) in [6.07, 6.45) is 6.94. The van der Waals surface area contributed by atoms with Crippen LogP contribution in [0.15, 0.2) is 16.7 Å². The Morgan fingerprint density at radius 1 is 1.56 bits per heavy atom. The smallest absolute Gasteiger partial charge is 0.280 e. The molecule has 4 N–H and O–H groups in total. The number of ether oxygens (including phenoxy) is 2. The molecule has 9 nitrogen and oxygen atoms in total. The molecular weight excluding hydrogens is 326 g/mol. The van der Waals surface area contributed by atoms with E-state index in [1.807, 2.05) is 6.20 Å². The fourth-order valence-corrected chi connectivity index (χ4v) is 3.15. The Balaban J connectivity index is 1.53. The molecule has 2 aromatic rings. The number of aromatic nitrogens is 4. The summed E-state index contributed by atoms with van der Waals surface area (Å²) < 4.78 is 13.1. The first-order valence-corrected chi connectivity index (χ1v) is 8.39. The van der Waals surface area contributed by atoms with Gasteiger partial charge in [-0.3, -0.25) is 14.3 Å². The van der Waals surface area contributed by atoms with E-state index in [0.29, 0.717) is 18.7 Å². The zero-order valence-electron chi connectivity index (χ0n) is 13.8. The number of aromatic amines is 1. The number of anilines is 1. The first-order valence-electron chi connectivity index (χ1n) is 8.39. The Hall–Kier alpha value is -2.23. The van der Waals surface area contributed by atoms with Crippen LogP contribution in [0, 0.1) is 5.41 Å². The van der Waals surface area contributed by atoms with Crippen molar-refractivity contribution in [3.8, 4) is 0 Å². The number of fused-ring (bicyclic) bond motifs is 1. The van der Waals surface area contributed by atoms with Crippen LogP contribution in [-0.2, 0) is 9.47 Å². The van der Waals surface area contributed by atoms with Crippen LogP contribution < -0.4 is 11.3 Å². The first kappa shape index (κ1) is 16.2. The maximum absolute atomic E-state index is 11.8. The van der Waals surface area contributed by atoms with Crippen LogP contribution in [0.1, 0.15) is 25.7 Å². The van der Waals surface area contributed by atoms with Gasteiger partial charge in [0.15, 0.2) is 17.5 Å². The Morgan fingerprint density at radius 2 is 2.44 bits per heavy atom. The lowest BCUT2D eigenvalue weighted by Crippen LogP contribution is -2.27. The number of aliphatic hydroxyl groups is 1. The van der Waals surface area contributed by atoms with E-state index in [1.54, 1.807) is 4.57 Å². The molecule has 134 valence electrons. The van der Waals surface area contributed by atoms with Crippen molar-refractivity contribution in [1.82, 2.24) is 19.5 Å². The maximum atomic E-state index is 11.8. The maximum Gasteiger partial charge on any atom is 0.280 e. The minimum atomic E-state index is -0.399. The highest BCUT2D eigenvalue weighted by Crippen LogP contribution is 2.52. The predicted molar refractivity (Wildman–Crippen MR) is 90.5 cm³/mol. The van der Waals surface area contributed by atoms with Gasteiger partial charge in [0.05, 0.1) is 13.2 Å². The summed E-state index contributed by atoms with van der Waals surface area (Å²) >= 11 is 0. The van der Waals surface area contributed by atoms with Crippen molar-refractivity contribution < 1.29 is 14.6 Å². The van der Waals surface area contributed by atoms with Crippen LogP contribution in [0.3, 0.4) is 0 Å². The van der Waals surface area contributed by atoms with Gasteiger partial charge in [-0.1, -0.05) is 0 Å². The number of imidazole rings is 1. The summed E-state index contributed by atoms with van der Waals surface area (Å²) in [5.41, 5.74) is 6.48. The summed E-state index contributed by atoms with van der Waals surface area (Å²) in [5.74, 6) is 0.0413. The van der Waals surface area contributed by atoms with Gasteiger partial charge in [0.2, 0.25) is 5.95 Å². The van der Waals surface area contributed by atoms with Crippen molar-refractivity contribution in [2.75, 3.05) is 25.6 Å². The summed E-state index contributed by atoms with van der Waals surface area (Å²) in [7, 11) is 0. The molecule has 1 aliphatic carbocycles. The Kier molecular flexibility index (Phi) is 4.06. The highest BCUT2D eigenvalue weighted by Gasteiger charge is 2.49. The van der Waals surface area contributed by atoms with Crippen molar-refractivity contribution in [3.63, 3.8) is 0 Å². The quantitative estimate of drug-likeness (QED) is 0.717. The zero-order chi connectivity index (χ0) is 17.4. The second kappa shape index (κ2) is 6.25. The monoisotopic (exact) mass is 347 g/mol. The molecule has 0 amide bonds. The van der Waals surface area contributed by atoms with E-state index < -0.39 is 5.41 Å². The molecule has 1 aliphatic heterocycles. The van der Waals surface area contributed by atoms with Crippen molar-refractivity contribution in [2.24, 2.45) is 5.41 Å². The number of aliphatic hydroxyl groups excluding tert-OH is 1. The fourth-order valence-electron chi connectivity index (χ4n) is 3.15. The third kappa shape index (κ3) is 3.06. The number of nitrogen functional groups attached to an aromatic ring is 1. The highest BCUT2D eigenvalue weighted by atomic mass is 16.7. The van der Waals surface area contributed by atoms with Crippen LogP contribution >= 0.6 is 0 Å². The van der Waals surface area contributed by atoms with Crippen LogP contribution in [-0.4, -0.2) is 50.7 Å². The SMILES string of the molecule is Nc1nc2c(ncn2/C=C2\CC2(CO)COC2CCCCO2)c(=O)[nH]1. The van der Waals surface area contributed by atoms with Gasteiger partial charge in [0, 0.05) is 18.2 Å². The molecule has 2 fully saturated rings. The molecule has 2 unspecified atom stereocenters. The number of hydrogen-bond donors (Lipinski definition) is 3. The van der Waals surface area contributed by atoms with E-state index in [1.165, 1.54) is 6.33 Å². The molecule has 2 atom stereocenters. The number of H-pyrrole nitrogens is 1. The van der Waals surface area contributed by atoms with Crippen LogP contribution in [0.4, 0.5) is 5.95 Å². The van der Waals surface area contributed by atoms with Gasteiger partial charge in [0.1, 0.15) is 6.33 Å². The van der Waals surface area contributed by atoms with Crippen molar-refractivity contribution in [2.45, 2.75) is 32.0 Å². The molecule has 0 bridgehead atoms. The molecule has 3 heterocycles. The topological polar surface area (TPSA) is 128 Å². The molecule has 25 heavy (non-hydrogen) atoms. The van der Waals surface area contributed by atoms with Crippen molar-refractivity contribution in [1.29, 1.82) is 0 Å². The third-order valence-electron chi connectivity index (χ3n) is 4.82. The Morgan fingerprint density at radius 3 is 3.20 bits per heavy atom. The molecule has 1 saturated heterocycles. The Bertz CT molecular complexity index is 867. The van der Waals surface area contributed by atoms with Crippen LogP contribution in [0.25, 0.3) is 17.4 Å². The van der Waals surface area contributed by atoms with E-state index in [-0.39, 0.29) is 29.9 Å². The number of rotatable bonds is 5. The van der Waals surface area contributed by atoms with Crippen LogP contribution in [0.5, 0.6) is 0 Å². The largest absolute Gasteiger partial charge is 0.395 e. The lowest BCUT2D eigenvalue weighted by Gasteiger charge is -2.24. The minimum absolute atomic E-state index is 0.00562. The number of hydrogen-bond acceptors (Lipinski definition) is 7. The van der Waals surface area contributed by atoms with Crippen molar-refractivity contribution >= 4 is 23.3 Å². The molecule has 2 aromatic heterocycles. The predicted octanol–water partition coefficient (Wildman–Crippen LogP) is 0.468. The van der Waals surface area contributed by atoms with Gasteiger partial charge in [-0.15, -0.1) is 0 Å². The van der Waals surface area contributed by atoms with Gasteiger partial charge in [-0.25, -0.2) is 4.98 Å². The van der Waals surface area contributed by atoms with Gasteiger partial charge in [0.25, 0.3) is 5.56 Å². The second-order valence-electron chi connectivity index (χ2n) is 6.65. The van der Waals surface area contributed by atoms with E-state index in [4.69, 9.17) is 15.2 Å². The average molecular weight is 347 g/mol. The van der Waals surface area contributed by atoms with Gasteiger partial charge < -0.3 is 20.3 Å². The van der Waals surface area contributed by atoms with E-state index in [9.17, 15) is 9.90 Å². The second-order valence-corrected chi connectivity index (χ2v) is 6.65. The number of nitrogens with one attached hydrogen (secondary N) is 1. The van der Waals surface area contributed by atoms with E-state index in [2.05, 4.69) is 15.0 Å². The molecule has 0 radical (unpaired) electrons. The lowest BCUT2D eigenvalue weighted by molar-refractivity contribution is -0.172. The van der Waals surface area contributed by atoms with Gasteiger partial charge in [-0.2, -0.15) is 4.98 Å². The molecule has 0 spiro atoms. The highest BCUT2D eigenvalue weighted by molar-refractivity contribution is 5.73. The van der Waals surface area contributed by atoms with Gasteiger partial charge in [-0.05, 0) is 31.3 Å². The van der Waals surface area contributed by atoms with Crippen LogP contribution in [0.2, 0.25) is 0 Å². The average Bonchev–Trinajstić information content (AvgIpc) is 3.16. The number of nitrogens with zero attached hydrogens (tertiary/aromatic N) is 3. The first-order chi connectivity index (χ1) is 12.1. The number of nitrogens with two attached hydrogens (primary N) is 1. The molecule has 4 rings (SSSR count). The minimum Gasteiger partial charge on any atom is -0.395 e. The molecule has 1 saturated carbocycles. The molecule has 9 heteroatoms. The lowest BCUT2D eigenvalue weighted by atomic mass is 10.1. The molecule has 2 aliphatic rings. The van der Waals surface area contributed by atoms with E-state index >= 15 is 0 Å². The summed E-state index contributed by atoms with van der Waals surface area (Å²) in [5, 5.41) is 9.81. The Labute approximate surface area is 143 Å².